The van der Waals surface area contributed by atoms with E-state index in [1.807, 2.05) is 18.0 Å². The summed E-state index contributed by atoms with van der Waals surface area (Å²) < 4.78 is 59.2. The summed E-state index contributed by atoms with van der Waals surface area (Å²) in [6.45, 7) is 5.39. The molecule has 2 atom stereocenters. The number of nitriles is 1. The fraction of sp³-hybridized carbons (Fsp3) is 0.513. The van der Waals surface area contributed by atoms with Crippen molar-refractivity contribution in [2.75, 3.05) is 45.8 Å². The fourth-order valence-corrected chi connectivity index (χ4v) is 9.28. The number of anilines is 1. The monoisotopic (exact) mass is 729 g/mol. The number of thiophene rings is 1. The molecule has 272 valence electrons. The Balaban J connectivity index is 1.17. The zero-order valence-electron chi connectivity index (χ0n) is 29.8. The Bertz CT molecular complexity index is 2150. The molecular formula is C39H42F3N7O2S. The van der Waals surface area contributed by atoms with Gasteiger partial charge in [-0.15, -0.1) is 11.3 Å². The van der Waals surface area contributed by atoms with Crippen molar-refractivity contribution in [2.45, 2.75) is 75.9 Å². The Labute approximate surface area is 305 Å². The van der Waals surface area contributed by atoms with Gasteiger partial charge in [0.25, 0.3) is 0 Å². The van der Waals surface area contributed by atoms with Gasteiger partial charge in [0.1, 0.15) is 28.1 Å². The molecule has 52 heavy (non-hydrogen) atoms. The lowest BCUT2D eigenvalue weighted by molar-refractivity contribution is 0.0682. The van der Waals surface area contributed by atoms with Crippen LogP contribution in [0.25, 0.3) is 32.2 Å². The maximum atomic E-state index is 16.9. The lowest BCUT2D eigenvalue weighted by Gasteiger charge is -2.49. The van der Waals surface area contributed by atoms with Crippen LogP contribution in [0.3, 0.4) is 0 Å². The van der Waals surface area contributed by atoms with Crippen molar-refractivity contribution in [2.24, 2.45) is 16.3 Å². The van der Waals surface area contributed by atoms with Crippen LogP contribution >= 0.6 is 11.3 Å². The van der Waals surface area contributed by atoms with Crippen LogP contribution in [0, 0.1) is 40.1 Å². The second-order valence-electron chi connectivity index (χ2n) is 15.5. The molecule has 3 saturated carbocycles. The summed E-state index contributed by atoms with van der Waals surface area (Å²) in [7, 11) is 6.06. The molecule has 4 aromatic rings. The van der Waals surface area contributed by atoms with Crippen molar-refractivity contribution in [1.82, 2.24) is 19.9 Å². The minimum atomic E-state index is -1.19. The van der Waals surface area contributed by atoms with Crippen molar-refractivity contribution in [1.29, 1.82) is 5.26 Å². The van der Waals surface area contributed by atoms with Gasteiger partial charge in [0, 0.05) is 48.3 Å². The second-order valence-corrected chi connectivity index (χ2v) is 16.5. The van der Waals surface area contributed by atoms with Gasteiger partial charge in [-0.1, -0.05) is 11.6 Å². The van der Waals surface area contributed by atoms with E-state index in [2.05, 4.69) is 46.7 Å². The number of aliphatic imine (C=N–C) groups is 1. The number of fused-ring (bicyclic) bond motifs is 4. The summed E-state index contributed by atoms with van der Waals surface area (Å²) in [6, 6.07) is 2.92. The third kappa shape index (κ3) is 6.12. The van der Waals surface area contributed by atoms with Crippen LogP contribution in [-0.2, 0) is 4.74 Å². The molecule has 1 saturated heterocycles. The van der Waals surface area contributed by atoms with Gasteiger partial charge in [-0.05, 0) is 97.0 Å². The summed E-state index contributed by atoms with van der Waals surface area (Å²) in [4.78, 5) is 22.0. The van der Waals surface area contributed by atoms with E-state index >= 15 is 13.2 Å². The molecule has 4 heterocycles. The fourth-order valence-electron chi connectivity index (χ4n) is 8.27. The van der Waals surface area contributed by atoms with E-state index < -0.39 is 17.5 Å². The minimum Gasteiger partial charge on any atom is -0.463 e. The summed E-state index contributed by atoms with van der Waals surface area (Å²) in [6.07, 6.45) is 14.7. The van der Waals surface area contributed by atoms with E-state index in [0.29, 0.717) is 36.4 Å². The molecule has 1 aliphatic heterocycles. The Morgan fingerprint density at radius 1 is 1.17 bits per heavy atom. The van der Waals surface area contributed by atoms with Crippen LogP contribution in [0.15, 0.2) is 28.9 Å². The van der Waals surface area contributed by atoms with Crippen LogP contribution in [0.2, 0.25) is 0 Å². The molecule has 2 unspecified atom stereocenters. The van der Waals surface area contributed by atoms with E-state index in [1.165, 1.54) is 18.2 Å². The number of likely N-dealkylation sites (N-methyl/N-ethyl adjacent to an activating group) is 2. The Morgan fingerprint density at radius 2 is 1.98 bits per heavy atom. The van der Waals surface area contributed by atoms with Gasteiger partial charge >= 0.3 is 6.01 Å². The molecule has 4 aliphatic rings. The third-order valence-corrected chi connectivity index (χ3v) is 13.0. The molecule has 13 heteroatoms. The molecule has 0 N–H and O–H groups in total. The number of aromatic nitrogens is 3. The number of hydrogen-bond donors (Lipinski definition) is 0. The predicted octanol–water partition coefficient (Wildman–Crippen LogP) is 8.51. The topological polar surface area (TPSA) is 99.8 Å². The van der Waals surface area contributed by atoms with E-state index in [9.17, 15) is 5.26 Å². The van der Waals surface area contributed by atoms with Crippen LogP contribution < -0.4 is 9.64 Å². The quantitative estimate of drug-likeness (QED) is 0.112. The first-order valence-electron chi connectivity index (χ1n) is 18.0. The van der Waals surface area contributed by atoms with Crippen molar-refractivity contribution in [3.8, 4) is 23.3 Å². The zero-order chi connectivity index (χ0) is 36.4. The van der Waals surface area contributed by atoms with E-state index in [0.717, 1.165) is 81.8 Å². The minimum absolute atomic E-state index is 0.0261. The predicted molar refractivity (Wildman–Crippen MR) is 197 cm³/mol. The van der Waals surface area contributed by atoms with Gasteiger partial charge in [0.05, 0.1) is 28.4 Å². The number of ether oxygens (including phenoxy) is 2. The highest BCUT2D eigenvalue weighted by Crippen LogP contribution is 2.50. The highest BCUT2D eigenvalue weighted by molar-refractivity contribution is 7.23. The van der Waals surface area contributed by atoms with Gasteiger partial charge in [-0.3, -0.25) is 9.98 Å². The average molecular weight is 730 g/mol. The van der Waals surface area contributed by atoms with E-state index in [-0.39, 0.29) is 54.4 Å². The van der Waals surface area contributed by atoms with Crippen molar-refractivity contribution in [3.05, 3.63) is 46.9 Å². The smallest absolute Gasteiger partial charge is 0.319 e. The summed E-state index contributed by atoms with van der Waals surface area (Å²) in [5, 5.41) is 10.5. The lowest BCUT2D eigenvalue weighted by Crippen LogP contribution is -2.56. The van der Waals surface area contributed by atoms with E-state index in [4.69, 9.17) is 14.5 Å². The Hall–Kier alpha value is -4.12. The molecule has 4 fully saturated rings. The van der Waals surface area contributed by atoms with Crippen LogP contribution in [0.1, 0.15) is 69.8 Å². The van der Waals surface area contributed by atoms with Crippen molar-refractivity contribution < 1.29 is 22.6 Å². The van der Waals surface area contributed by atoms with Crippen LogP contribution in [0.4, 0.5) is 24.0 Å². The first kappa shape index (κ1) is 34.9. The maximum Gasteiger partial charge on any atom is 0.319 e. The lowest BCUT2D eigenvalue weighted by atomic mass is 9.75. The molecule has 1 aromatic carbocycles. The molecule has 3 aliphatic carbocycles. The maximum absolute atomic E-state index is 16.9. The largest absolute Gasteiger partial charge is 0.463 e. The summed E-state index contributed by atoms with van der Waals surface area (Å²) in [5.74, 6) is -2.05. The number of pyridine rings is 1. The third-order valence-electron chi connectivity index (χ3n) is 11.9. The zero-order valence-corrected chi connectivity index (χ0v) is 30.6. The van der Waals surface area contributed by atoms with Gasteiger partial charge in [-0.2, -0.15) is 15.2 Å². The molecule has 0 amide bonds. The Kier molecular flexibility index (Phi) is 8.99. The molecule has 3 aromatic heterocycles. The summed E-state index contributed by atoms with van der Waals surface area (Å²) in [5.41, 5.74) is 0.939. The van der Waals surface area contributed by atoms with Gasteiger partial charge in [0.15, 0.2) is 17.5 Å². The molecule has 2 bridgehead atoms. The van der Waals surface area contributed by atoms with Gasteiger partial charge in [0.2, 0.25) is 0 Å². The summed E-state index contributed by atoms with van der Waals surface area (Å²) >= 11 is 0.780. The van der Waals surface area contributed by atoms with Crippen molar-refractivity contribution >= 4 is 49.9 Å². The second kappa shape index (κ2) is 13.4. The van der Waals surface area contributed by atoms with E-state index in [1.54, 1.807) is 0 Å². The van der Waals surface area contributed by atoms with Crippen molar-refractivity contribution in [3.63, 3.8) is 0 Å². The van der Waals surface area contributed by atoms with Gasteiger partial charge in [-0.25, -0.2) is 13.2 Å². The number of halogens is 3. The molecule has 8 rings (SSSR count). The molecule has 9 nitrogen and oxygen atoms in total. The normalized spacial score (nSPS) is 22.4. The van der Waals surface area contributed by atoms with Gasteiger partial charge < -0.3 is 19.3 Å². The molecular weight excluding hydrogens is 688 g/mol. The average Bonchev–Trinajstić information content (AvgIpc) is 3.65. The number of hydrogen-bond acceptors (Lipinski definition) is 10. The molecule has 0 radical (unpaired) electrons. The van der Waals surface area contributed by atoms with Crippen LogP contribution in [0.5, 0.6) is 6.01 Å². The number of rotatable bonds is 11. The number of benzene rings is 1. The number of nitrogens with zero attached hydrogens (tertiary/aromatic N) is 7. The first-order chi connectivity index (χ1) is 25.0. The first-order valence-corrected chi connectivity index (χ1v) is 18.8. The van der Waals surface area contributed by atoms with Crippen LogP contribution in [-0.4, -0.2) is 79.1 Å². The molecule has 0 spiro atoms. The Morgan fingerprint density at radius 3 is 2.67 bits per heavy atom. The highest BCUT2D eigenvalue weighted by Gasteiger charge is 2.44. The standard InChI is InChI=1S/C39H42F3N7O2S/c1-44-36-26(17-43)29-25(16-28(40)30(41)34(29)52-36)32-31(42)33-27(18-45-32)35(49(4)20-39(48(2)3)9-5-10-39)47-37(46-33)51-21-38(12-13-38)11-8-22-6-7-23-15-24(14-22)50-19-23/h8,16,18,23-24H,1,5-7,9-15,19-21H2,2-4H3/b22-8-. The highest BCUT2D eigenvalue weighted by atomic mass is 32.1. The number of allylic oxidation sites excluding steroid dienone is 1. The SMILES string of the molecule is C=Nc1sc2c(F)c(F)cc(-c3ncc4c(N(C)CC5(N(C)C)CCC5)nc(OCC5(C/C=C6/CCC7COC(C6)C7)CC5)nc4c3F)c2c1C#N.